The summed E-state index contributed by atoms with van der Waals surface area (Å²) >= 11 is 0. The van der Waals surface area contributed by atoms with Gasteiger partial charge in [0, 0.05) is 6.42 Å². The van der Waals surface area contributed by atoms with Crippen LogP contribution in [-0.2, 0) is 9.53 Å². The normalized spacial score (nSPS) is 37.3. The zero-order valence-electron chi connectivity index (χ0n) is 8.94. The van der Waals surface area contributed by atoms with Crippen LogP contribution in [0.25, 0.3) is 0 Å². The van der Waals surface area contributed by atoms with Gasteiger partial charge in [-0.15, -0.1) is 0 Å². The molecule has 0 aromatic carbocycles. The molecule has 2 amide bonds. The van der Waals surface area contributed by atoms with Crippen LogP contribution in [0.2, 0.25) is 0 Å². The molecule has 2 rings (SSSR count). The van der Waals surface area contributed by atoms with E-state index in [4.69, 9.17) is 14.9 Å². The van der Waals surface area contributed by atoms with Gasteiger partial charge in [-0.25, -0.2) is 9.59 Å². The molecule has 2 fully saturated rings. The van der Waals surface area contributed by atoms with E-state index in [0.717, 1.165) is 0 Å². The number of nitrogens with zero attached hydrogens (tertiary/aromatic N) is 1. The van der Waals surface area contributed by atoms with Crippen molar-refractivity contribution in [2.75, 3.05) is 13.2 Å². The molecule has 2 aliphatic heterocycles. The maximum absolute atomic E-state index is 11.5. The number of aliphatic hydroxyl groups excluding tert-OH is 2. The maximum atomic E-state index is 11.5. The summed E-state index contributed by atoms with van der Waals surface area (Å²) in [6.45, 7) is -0.348. The van der Waals surface area contributed by atoms with Crippen molar-refractivity contribution >= 4 is 12.0 Å². The Morgan fingerprint density at radius 3 is 2.76 bits per heavy atom. The highest BCUT2D eigenvalue weighted by Gasteiger charge is 2.43. The number of nitrogens with one attached hydrogen (secondary N) is 1. The zero-order valence-corrected chi connectivity index (χ0v) is 8.94. The lowest BCUT2D eigenvalue weighted by Gasteiger charge is -2.22. The van der Waals surface area contributed by atoms with E-state index in [-0.39, 0.29) is 19.6 Å². The summed E-state index contributed by atoms with van der Waals surface area (Å²) in [5.74, 6) is -1.11. The molecule has 2 unspecified atom stereocenters. The molecule has 96 valence electrons. The molecule has 0 aliphatic carbocycles. The largest absolute Gasteiger partial charge is 0.480 e. The molecule has 0 aromatic heterocycles. The van der Waals surface area contributed by atoms with Gasteiger partial charge in [0.05, 0.1) is 19.3 Å². The number of carboxylic acid groups (broad SMARTS) is 1. The molecule has 8 nitrogen and oxygen atoms in total. The van der Waals surface area contributed by atoms with Crippen molar-refractivity contribution < 1.29 is 29.6 Å². The van der Waals surface area contributed by atoms with Gasteiger partial charge in [0.15, 0.2) is 0 Å². The van der Waals surface area contributed by atoms with Crippen molar-refractivity contribution in [3.8, 4) is 0 Å². The van der Waals surface area contributed by atoms with Gasteiger partial charge in [0.1, 0.15) is 18.4 Å². The van der Waals surface area contributed by atoms with E-state index < -0.39 is 36.5 Å². The van der Waals surface area contributed by atoms with Crippen LogP contribution >= 0.6 is 0 Å². The van der Waals surface area contributed by atoms with Gasteiger partial charge in [-0.1, -0.05) is 0 Å². The molecule has 2 heterocycles. The molecule has 17 heavy (non-hydrogen) atoms. The minimum Gasteiger partial charge on any atom is -0.480 e. The second-order valence-corrected chi connectivity index (χ2v) is 4.11. The molecule has 0 radical (unpaired) electrons. The van der Waals surface area contributed by atoms with E-state index in [1.165, 1.54) is 4.90 Å². The first-order valence-electron chi connectivity index (χ1n) is 5.27. The monoisotopic (exact) mass is 246 g/mol. The van der Waals surface area contributed by atoms with Gasteiger partial charge in [-0.05, 0) is 0 Å². The minimum atomic E-state index is -1.11. The van der Waals surface area contributed by atoms with Crippen LogP contribution in [0.4, 0.5) is 4.79 Å². The van der Waals surface area contributed by atoms with Crippen molar-refractivity contribution in [2.24, 2.45) is 0 Å². The predicted molar refractivity (Wildman–Crippen MR) is 53.0 cm³/mol. The van der Waals surface area contributed by atoms with E-state index in [9.17, 15) is 14.7 Å². The summed E-state index contributed by atoms with van der Waals surface area (Å²) in [5, 5.41) is 29.5. The molecule has 0 bridgehead atoms. The second kappa shape index (κ2) is 4.47. The molecule has 2 aliphatic rings. The van der Waals surface area contributed by atoms with Gasteiger partial charge in [-0.2, -0.15) is 0 Å². The fraction of sp³-hybridized carbons (Fsp3) is 0.778. The standard InChI is InChI=1S/C9H14N2O6/c12-3-6-5(13)1-7(17-6)11-2-4(8(14)15)10-9(11)16/h4-7,12-13H,1-3H2,(H,10,16)(H,14,15)/t4?,5-,6+,7?/m0/s1. The Morgan fingerprint density at radius 1 is 1.59 bits per heavy atom. The van der Waals surface area contributed by atoms with Crippen molar-refractivity contribution in [3.63, 3.8) is 0 Å². The van der Waals surface area contributed by atoms with E-state index in [1.807, 2.05) is 0 Å². The number of carbonyl (C=O) groups is 2. The second-order valence-electron chi connectivity index (χ2n) is 4.11. The molecule has 4 atom stereocenters. The summed E-state index contributed by atoms with van der Waals surface area (Å²) in [6.07, 6.45) is -2.09. The Morgan fingerprint density at radius 2 is 2.29 bits per heavy atom. The molecule has 0 saturated carbocycles. The molecular formula is C9H14N2O6. The van der Waals surface area contributed by atoms with Gasteiger partial charge >= 0.3 is 12.0 Å². The topological polar surface area (TPSA) is 119 Å². The number of aliphatic carboxylic acids is 1. The van der Waals surface area contributed by atoms with Crippen molar-refractivity contribution in [1.82, 2.24) is 10.2 Å². The third kappa shape index (κ3) is 2.19. The number of carboxylic acids is 1. The number of carbonyl (C=O) groups excluding carboxylic acids is 1. The van der Waals surface area contributed by atoms with Gasteiger partial charge in [0.25, 0.3) is 0 Å². The highest BCUT2D eigenvalue weighted by Crippen LogP contribution is 2.25. The van der Waals surface area contributed by atoms with Crippen LogP contribution in [0.1, 0.15) is 6.42 Å². The number of amides is 2. The number of ether oxygens (including phenoxy) is 1. The van der Waals surface area contributed by atoms with Gasteiger partial charge in [0.2, 0.25) is 0 Å². The number of urea groups is 1. The Hall–Kier alpha value is -1.38. The lowest BCUT2D eigenvalue weighted by atomic mass is 10.2. The molecular weight excluding hydrogens is 232 g/mol. The first kappa shape index (κ1) is 12.1. The highest BCUT2D eigenvalue weighted by atomic mass is 16.5. The third-order valence-corrected chi connectivity index (χ3v) is 2.97. The summed E-state index contributed by atoms with van der Waals surface area (Å²) in [5.41, 5.74) is 0. The maximum Gasteiger partial charge on any atom is 0.328 e. The first-order chi connectivity index (χ1) is 8.02. The van der Waals surface area contributed by atoms with Crippen LogP contribution in [0.3, 0.4) is 0 Å². The lowest BCUT2D eigenvalue weighted by molar-refractivity contribution is -0.139. The number of rotatable bonds is 3. The molecule has 4 N–H and O–H groups in total. The van der Waals surface area contributed by atoms with E-state index >= 15 is 0 Å². The molecule has 8 heteroatoms. The average molecular weight is 246 g/mol. The van der Waals surface area contributed by atoms with Crippen LogP contribution in [0, 0.1) is 0 Å². The molecule has 2 saturated heterocycles. The SMILES string of the molecule is O=C(O)C1CN(C2C[C@H](O)[C@@H](CO)O2)C(=O)N1. The van der Waals surface area contributed by atoms with Crippen LogP contribution in [-0.4, -0.2) is 69.8 Å². The Labute approximate surface area is 96.8 Å². The number of hydrogen-bond donors (Lipinski definition) is 4. The third-order valence-electron chi connectivity index (χ3n) is 2.97. The fourth-order valence-corrected chi connectivity index (χ4v) is 2.02. The van der Waals surface area contributed by atoms with Crippen LogP contribution < -0.4 is 5.32 Å². The highest BCUT2D eigenvalue weighted by molar-refractivity contribution is 5.86. The quantitative estimate of drug-likeness (QED) is 0.454. The van der Waals surface area contributed by atoms with Crippen molar-refractivity contribution in [2.45, 2.75) is 30.9 Å². The predicted octanol–water partition coefficient (Wildman–Crippen LogP) is -2.07. The minimum absolute atomic E-state index is 0.0102. The van der Waals surface area contributed by atoms with Crippen LogP contribution in [0.5, 0.6) is 0 Å². The van der Waals surface area contributed by atoms with E-state index in [1.54, 1.807) is 0 Å². The number of hydrogen-bond acceptors (Lipinski definition) is 5. The van der Waals surface area contributed by atoms with Crippen molar-refractivity contribution in [1.29, 1.82) is 0 Å². The average Bonchev–Trinajstić information content (AvgIpc) is 2.81. The Balaban J connectivity index is 2.00. The Bertz CT molecular complexity index is 335. The van der Waals surface area contributed by atoms with Crippen molar-refractivity contribution in [3.05, 3.63) is 0 Å². The fourth-order valence-electron chi connectivity index (χ4n) is 2.02. The summed E-state index contributed by atoms with van der Waals surface area (Å²) < 4.78 is 5.28. The summed E-state index contributed by atoms with van der Waals surface area (Å²) in [6, 6.07) is -1.50. The molecule has 0 spiro atoms. The first-order valence-corrected chi connectivity index (χ1v) is 5.27. The lowest BCUT2D eigenvalue weighted by Crippen LogP contribution is -2.38. The van der Waals surface area contributed by atoms with Gasteiger partial charge in [-0.3, -0.25) is 4.90 Å². The Kier molecular flexibility index (Phi) is 3.18. The van der Waals surface area contributed by atoms with E-state index in [0.29, 0.717) is 0 Å². The summed E-state index contributed by atoms with van der Waals surface area (Å²) in [4.78, 5) is 23.4. The summed E-state index contributed by atoms with van der Waals surface area (Å²) in [7, 11) is 0. The molecule has 0 aromatic rings. The van der Waals surface area contributed by atoms with Gasteiger partial charge < -0.3 is 25.4 Å². The number of aliphatic hydroxyl groups is 2. The van der Waals surface area contributed by atoms with E-state index in [2.05, 4.69) is 5.32 Å². The smallest absolute Gasteiger partial charge is 0.328 e. The zero-order chi connectivity index (χ0) is 12.6. The van der Waals surface area contributed by atoms with Crippen LogP contribution in [0.15, 0.2) is 0 Å².